The lowest BCUT2D eigenvalue weighted by Gasteiger charge is -2.16. The van der Waals surface area contributed by atoms with Gasteiger partial charge < -0.3 is 10.6 Å². The molecule has 0 spiro atoms. The summed E-state index contributed by atoms with van der Waals surface area (Å²) in [6, 6.07) is 11.3. The number of aryl methyl sites for hydroxylation is 1. The van der Waals surface area contributed by atoms with Crippen molar-refractivity contribution >= 4 is 29.1 Å². The molecule has 0 saturated carbocycles. The van der Waals surface area contributed by atoms with Crippen LogP contribution in [-0.2, 0) is 12.7 Å². The molecule has 0 radical (unpaired) electrons. The number of anilines is 1. The summed E-state index contributed by atoms with van der Waals surface area (Å²) in [6.45, 7) is -0.876. The van der Waals surface area contributed by atoms with Crippen molar-refractivity contribution in [3.05, 3.63) is 81.4 Å². The molecule has 2 aromatic heterocycles. The first-order valence-corrected chi connectivity index (χ1v) is 11.9. The van der Waals surface area contributed by atoms with E-state index in [1.807, 2.05) is 0 Å². The highest BCUT2D eigenvalue weighted by molar-refractivity contribution is 6.32. The molecule has 0 aliphatic heterocycles. The molecule has 0 bridgehead atoms. The van der Waals surface area contributed by atoms with Gasteiger partial charge in [0.25, 0.3) is 17.6 Å². The van der Waals surface area contributed by atoms with Gasteiger partial charge in [-0.2, -0.15) is 36.7 Å². The van der Waals surface area contributed by atoms with Crippen molar-refractivity contribution in [1.82, 2.24) is 35.3 Å². The Hall–Kier alpha value is -4.98. The first-order valence-electron chi connectivity index (χ1n) is 11.6. The van der Waals surface area contributed by atoms with Crippen LogP contribution in [0, 0.1) is 18.3 Å². The van der Waals surface area contributed by atoms with E-state index in [-0.39, 0.29) is 38.9 Å². The van der Waals surface area contributed by atoms with Crippen LogP contribution in [0.4, 0.5) is 32.0 Å². The quantitative estimate of drug-likeness (QED) is 0.297. The summed E-state index contributed by atoms with van der Waals surface area (Å²) in [5.74, 6) is -3.59. The van der Waals surface area contributed by atoms with Gasteiger partial charge in [0.1, 0.15) is 12.2 Å². The predicted molar refractivity (Wildman–Crippen MR) is 133 cm³/mol. The van der Waals surface area contributed by atoms with Gasteiger partial charge in [-0.25, -0.2) is 9.36 Å². The molecule has 0 atom stereocenters. The maximum absolute atomic E-state index is 13.5. The Morgan fingerprint density at radius 2 is 1.79 bits per heavy atom. The van der Waals surface area contributed by atoms with E-state index in [2.05, 4.69) is 25.9 Å². The monoisotopic (exact) mass is 611 g/mol. The van der Waals surface area contributed by atoms with Crippen LogP contribution in [0.5, 0.6) is 0 Å². The number of nitrogens with zero attached hydrogens (tertiary/aromatic N) is 7. The number of hydrogen-bond acceptors (Lipinski definition) is 7. The Morgan fingerprint density at radius 1 is 1.07 bits per heavy atom. The summed E-state index contributed by atoms with van der Waals surface area (Å²) in [6.07, 6.45) is -9.62. The number of alkyl halides is 6. The van der Waals surface area contributed by atoms with E-state index in [1.54, 1.807) is 23.5 Å². The minimum absolute atomic E-state index is 0.0621. The molecular formula is C24H16ClF6N9O2. The average Bonchev–Trinajstić information content (AvgIpc) is 3.55. The lowest BCUT2D eigenvalue weighted by atomic mass is 10.0. The van der Waals surface area contributed by atoms with Gasteiger partial charge in [-0.05, 0) is 53.2 Å². The Labute approximate surface area is 236 Å². The largest absolute Gasteiger partial charge is 0.453 e. The van der Waals surface area contributed by atoms with Gasteiger partial charge in [0.15, 0.2) is 0 Å². The van der Waals surface area contributed by atoms with Crippen molar-refractivity contribution in [2.24, 2.45) is 0 Å². The molecule has 0 aliphatic rings. The van der Waals surface area contributed by atoms with Crippen molar-refractivity contribution < 1.29 is 35.9 Å². The van der Waals surface area contributed by atoms with E-state index in [0.29, 0.717) is 4.68 Å². The Bertz CT molecular complexity index is 1710. The molecule has 0 saturated heterocycles. The number of nitriles is 1. The molecule has 11 nitrogen and oxygen atoms in total. The normalized spacial score (nSPS) is 11.7. The van der Waals surface area contributed by atoms with Crippen LogP contribution >= 0.6 is 11.6 Å². The van der Waals surface area contributed by atoms with Crippen molar-refractivity contribution in [3.8, 4) is 11.8 Å². The SMILES string of the molecule is Cc1cc(C#N)cc(C(=O)NCC(F)(F)F)c1NC(=O)c1cc(Cn2nnnc2C(F)(F)F)nn1-c1ccccc1Cl. The molecule has 0 unspecified atom stereocenters. The van der Waals surface area contributed by atoms with Gasteiger partial charge in [-0.1, -0.05) is 23.7 Å². The molecule has 2 N–H and O–H groups in total. The molecule has 4 aromatic rings. The number of hydrogen-bond donors (Lipinski definition) is 2. The number of carbonyl (C=O) groups excluding carboxylic acids is 2. The van der Waals surface area contributed by atoms with E-state index in [1.165, 1.54) is 25.1 Å². The van der Waals surface area contributed by atoms with Gasteiger partial charge in [0.2, 0.25) is 0 Å². The lowest BCUT2D eigenvalue weighted by molar-refractivity contribution is -0.147. The average molecular weight is 612 g/mol. The third-order valence-electron chi connectivity index (χ3n) is 5.57. The van der Waals surface area contributed by atoms with Crippen LogP contribution in [0.15, 0.2) is 42.5 Å². The van der Waals surface area contributed by atoms with Crippen LogP contribution < -0.4 is 10.6 Å². The summed E-state index contributed by atoms with van der Waals surface area (Å²) >= 11 is 6.28. The zero-order valence-electron chi connectivity index (χ0n) is 21.0. The highest BCUT2D eigenvalue weighted by Gasteiger charge is 2.38. The number of aromatic nitrogens is 6. The third kappa shape index (κ3) is 6.66. The molecule has 2 amide bonds. The molecule has 18 heteroatoms. The second-order valence-corrected chi connectivity index (χ2v) is 9.03. The van der Waals surface area contributed by atoms with E-state index < -0.39 is 48.6 Å². The lowest BCUT2D eigenvalue weighted by Crippen LogP contribution is -2.34. The van der Waals surface area contributed by atoms with Crippen LogP contribution in [0.25, 0.3) is 5.69 Å². The number of halogens is 7. The smallest absolute Gasteiger partial charge is 0.343 e. The maximum atomic E-state index is 13.5. The summed E-state index contributed by atoms with van der Waals surface area (Å²) in [4.78, 5) is 26.2. The van der Waals surface area contributed by atoms with Gasteiger partial charge in [-0.15, -0.1) is 5.10 Å². The van der Waals surface area contributed by atoms with Crippen molar-refractivity contribution in [2.75, 3.05) is 11.9 Å². The minimum Gasteiger partial charge on any atom is -0.343 e. The fraction of sp³-hybridized carbons (Fsp3) is 0.208. The van der Waals surface area contributed by atoms with Crippen LogP contribution in [0.2, 0.25) is 5.02 Å². The van der Waals surface area contributed by atoms with Crippen LogP contribution in [0.3, 0.4) is 0 Å². The van der Waals surface area contributed by atoms with Crippen LogP contribution in [0.1, 0.15) is 43.5 Å². The van der Waals surface area contributed by atoms with Gasteiger partial charge in [0.05, 0.1) is 45.8 Å². The predicted octanol–water partition coefficient (Wildman–Crippen LogP) is 4.30. The third-order valence-corrected chi connectivity index (χ3v) is 5.89. The molecule has 0 aliphatic carbocycles. The number of carbonyl (C=O) groups is 2. The summed E-state index contributed by atoms with van der Waals surface area (Å²) in [5.41, 5.74) is -0.769. The van der Waals surface area contributed by atoms with Crippen molar-refractivity contribution in [3.63, 3.8) is 0 Å². The fourth-order valence-electron chi connectivity index (χ4n) is 3.79. The standard InChI is InChI=1S/C24H16ClF6N9O2/c1-12-6-13(9-32)7-15(20(41)33-11-23(26,27)28)19(12)34-21(42)18-8-14(10-39-22(24(29,30)31)35-37-38-39)36-40(18)17-5-3-2-4-16(17)25/h2-8H,10-11H2,1H3,(H,33,41)(H,34,42). The fourth-order valence-corrected chi connectivity index (χ4v) is 4.01. The molecule has 2 heterocycles. The summed E-state index contributed by atoms with van der Waals surface area (Å²) < 4.78 is 79.5. The van der Waals surface area contributed by atoms with Crippen molar-refractivity contribution in [2.45, 2.75) is 25.8 Å². The molecule has 2 aromatic carbocycles. The van der Waals surface area contributed by atoms with Crippen LogP contribution in [-0.4, -0.2) is 54.5 Å². The number of rotatable bonds is 7. The van der Waals surface area contributed by atoms with E-state index in [9.17, 15) is 41.2 Å². The highest BCUT2D eigenvalue weighted by atomic mass is 35.5. The maximum Gasteiger partial charge on any atom is 0.453 e. The Kier molecular flexibility index (Phi) is 8.20. The van der Waals surface area contributed by atoms with E-state index in [0.717, 1.165) is 16.8 Å². The molecule has 4 rings (SSSR count). The van der Waals surface area contributed by atoms with E-state index >= 15 is 0 Å². The summed E-state index contributed by atoms with van der Waals surface area (Å²) in [5, 5.41) is 27.1. The Balaban J connectivity index is 1.76. The molecule has 42 heavy (non-hydrogen) atoms. The highest BCUT2D eigenvalue weighted by Crippen LogP contribution is 2.29. The first-order chi connectivity index (χ1) is 19.7. The molecule has 0 fully saturated rings. The topological polar surface area (TPSA) is 143 Å². The number of amides is 2. The summed E-state index contributed by atoms with van der Waals surface area (Å²) in [7, 11) is 0. The molecular weight excluding hydrogens is 596 g/mol. The number of nitrogens with one attached hydrogen (secondary N) is 2. The van der Waals surface area contributed by atoms with Gasteiger partial charge >= 0.3 is 12.4 Å². The second-order valence-electron chi connectivity index (χ2n) is 8.62. The number of benzene rings is 2. The number of para-hydroxylation sites is 1. The zero-order valence-corrected chi connectivity index (χ0v) is 21.8. The van der Waals surface area contributed by atoms with Crippen molar-refractivity contribution in [1.29, 1.82) is 5.26 Å². The Morgan fingerprint density at radius 3 is 2.43 bits per heavy atom. The van der Waals surface area contributed by atoms with Gasteiger partial charge in [0, 0.05) is 0 Å². The molecule has 218 valence electrons. The second kappa shape index (κ2) is 11.5. The van der Waals surface area contributed by atoms with Gasteiger partial charge in [-0.3, -0.25) is 9.59 Å². The zero-order chi connectivity index (χ0) is 30.8. The minimum atomic E-state index is -4.88. The number of tetrazole rings is 1. The van der Waals surface area contributed by atoms with E-state index in [4.69, 9.17) is 11.6 Å². The first kappa shape index (κ1) is 30.0.